The minimum absolute atomic E-state index is 0.0464. The van der Waals surface area contributed by atoms with Crippen LogP contribution in [-0.4, -0.2) is 28.1 Å². The van der Waals surface area contributed by atoms with E-state index in [1.54, 1.807) is 12.1 Å². The van der Waals surface area contributed by atoms with E-state index in [0.29, 0.717) is 29.7 Å². The molecule has 2 aliphatic carbocycles. The number of carboxylic acids is 1. The number of hydrogen-bond donors (Lipinski definition) is 3. The van der Waals surface area contributed by atoms with Gasteiger partial charge in [0.25, 0.3) is 5.91 Å². The van der Waals surface area contributed by atoms with Crippen molar-refractivity contribution in [3.05, 3.63) is 41.3 Å². The smallest absolute Gasteiger partial charge is 0.303 e. The molecule has 1 aromatic heterocycles. The van der Waals surface area contributed by atoms with Gasteiger partial charge in [-0.05, 0) is 74.5 Å². The Hall–Kier alpha value is -2.34. The summed E-state index contributed by atoms with van der Waals surface area (Å²) in [5, 5.41) is 24.5. The molecule has 1 heterocycles. The molecule has 2 aliphatic rings. The third kappa shape index (κ3) is 4.32. The van der Waals surface area contributed by atoms with E-state index in [9.17, 15) is 14.7 Å². The van der Waals surface area contributed by atoms with Gasteiger partial charge in [-0.1, -0.05) is 12.2 Å². The number of benzene rings is 1. The predicted molar refractivity (Wildman–Crippen MR) is 114 cm³/mol. The number of rotatable bonds is 8. The lowest BCUT2D eigenvalue weighted by molar-refractivity contribution is -0.137. The van der Waals surface area contributed by atoms with Crippen LogP contribution in [0.15, 0.2) is 35.7 Å². The maximum atomic E-state index is 13.0. The van der Waals surface area contributed by atoms with Crippen molar-refractivity contribution in [3.8, 4) is 5.75 Å². The molecule has 2 aromatic rings. The maximum Gasteiger partial charge on any atom is 0.303 e. The summed E-state index contributed by atoms with van der Waals surface area (Å²) in [5.74, 6) is 1.05. The number of carbonyl (C=O) groups excluding carboxylic acids is 1. The Morgan fingerprint density at radius 1 is 1.21 bits per heavy atom. The summed E-state index contributed by atoms with van der Waals surface area (Å²) < 4.78 is 1.00. The summed E-state index contributed by atoms with van der Waals surface area (Å²) in [6.07, 6.45) is 10.5. The quantitative estimate of drug-likeness (QED) is 0.422. The van der Waals surface area contributed by atoms with Gasteiger partial charge in [0.05, 0.1) is 5.56 Å². The molecule has 4 unspecified atom stereocenters. The first-order valence-electron chi connectivity index (χ1n) is 10.4. The third-order valence-corrected chi connectivity index (χ3v) is 7.49. The van der Waals surface area contributed by atoms with Crippen LogP contribution in [0.3, 0.4) is 0 Å². The van der Waals surface area contributed by atoms with Gasteiger partial charge in [0.15, 0.2) is 0 Å². The van der Waals surface area contributed by atoms with Gasteiger partial charge < -0.3 is 15.5 Å². The Bertz CT molecular complexity index is 934. The highest BCUT2D eigenvalue weighted by molar-refractivity contribution is 7.17. The summed E-state index contributed by atoms with van der Waals surface area (Å²) in [7, 11) is 0. The summed E-state index contributed by atoms with van der Waals surface area (Å²) in [5.41, 5.74) is 0.645. The maximum absolute atomic E-state index is 13.0. The SMILES string of the molecule is O=C(O)CCC/C=C\CC1C2CCC(C2)C1NC(=O)c1csc2ccc(O)cc12. The molecule has 5 nitrogen and oxygen atoms in total. The first kappa shape index (κ1) is 20.0. The molecule has 1 aromatic carbocycles. The molecule has 0 spiro atoms. The number of unbranched alkanes of at least 4 members (excludes halogenated alkanes) is 1. The number of phenols is 1. The Morgan fingerprint density at radius 2 is 2.03 bits per heavy atom. The van der Waals surface area contributed by atoms with Crippen LogP contribution in [0.4, 0.5) is 0 Å². The fourth-order valence-electron chi connectivity index (χ4n) is 5.14. The minimum atomic E-state index is -0.747. The molecule has 1 amide bonds. The third-order valence-electron chi connectivity index (χ3n) is 6.52. The normalized spacial score (nSPS) is 25.8. The molecule has 154 valence electrons. The van der Waals surface area contributed by atoms with Crippen LogP contribution >= 0.6 is 11.3 Å². The van der Waals surface area contributed by atoms with Gasteiger partial charge in [0.1, 0.15) is 5.75 Å². The van der Waals surface area contributed by atoms with Crippen molar-refractivity contribution in [2.75, 3.05) is 0 Å². The molecule has 6 heteroatoms. The number of allylic oxidation sites excluding steroid dienone is 2. The van der Waals surface area contributed by atoms with E-state index in [1.165, 1.54) is 30.6 Å². The van der Waals surface area contributed by atoms with Gasteiger partial charge in [-0.2, -0.15) is 0 Å². The van der Waals surface area contributed by atoms with E-state index in [0.717, 1.165) is 22.9 Å². The van der Waals surface area contributed by atoms with Crippen molar-refractivity contribution < 1.29 is 19.8 Å². The number of carbonyl (C=O) groups is 2. The van der Waals surface area contributed by atoms with Gasteiger partial charge >= 0.3 is 5.97 Å². The van der Waals surface area contributed by atoms with E-state index in [4.69, 9.17) is 5.11 Å². The summed E-state index contributed by atoms with van der Waals surface area (Å²) in [6, 6.07) is 5.35. The van der Waals surface area contributed by atoms with Crippen molar-refractivity contribution in [3.63, 3.8) is 0 Å². The van der Waals surface area contributed by atoms with E-state index in [1.807, 2.05) is 11.4 Å². The molecule has 0 radical (unpaired) electrons. The average Bonchev–Trinajstić information content (AvgIpc) is 3.39. The molecular formula is C23H27NO4S. The molecule has 0 aliphatic heterocycles. The lowest BCUT2D eigenvalue weighted by Crippen LogP contribution is -2.43. The summed E-state index contributed by atoms with van der Waals surface area (Å²) in [6.45, 7) is 0. The highest BCUT2D eigenvalue weighted by Crippen LogP contribution is 2.50. The van der Waals surface area contributed by atoms with Crippen LogP contribution in [0.25, 0.3) is 10.1 Å². The molecule has 4 rings (SSSR count). The van der Waals surface area contributed by atoms with Crippen LogP contribution < -0.4 is 5.32 Å². The molecule has 4 atom stereocenters. The Labute approximate surface area is 174 Å². The number of amides is 1. The number of thiophene rings is 1. The molecular weight excluding hydrogens is 386 g/mol. The summed E-state index contributed by atoms with van der Waals surface area (Å²) >= 11 is 1.52. The number of aromatic hydroxyl groups is 1. The topological polar surface area (TPSA) is 86.6 Å². The van der Waals surface area contributed by atoms with Crippen LogP contribution in [-0.2, 0) is 4.79 Å². The fraction of sp³-hybridized carbons (Fsp3) is 0.478. The first-order valence-corrected chi connectivity index (χ1v) is 11.3. The zero-order chi connectivity index (χ0) is 20.4. The zero-order valence-corrected chi connectivity index (χ0v) is 17.2. The standard InChI is InChI=1S/C23H27NO4S/c25-16-9-10-20-18(12-16)19(13-29-20)23(28)24-22-15-8-7-14(11-15)17(22)5-3-1-2-4-6-21(26)27/h1,3,9-10,12-15,17,22,25H,2,4-8,11H2,(H,24,28)(H,26,27)/b3-1-. The van der Waals surface area contributed by atoms with Gasteiger partial charge in [-0.3, -0.25) is 9.59 Å². The van der Waals surface area contributed by atoms with Crippen LogP contribution in [0, 0.1) is 17.8 Å². The number of phenolic OH excluding ortho intramolecular Hbond substituents is 1. The highest BCUT2D eigenvalue weighted by Gasteiger charge is 2.47. The van der Waals surface area contributed by atoms with Crippen LogP contribution in [0.2, 0.25) is 0 Å². The largest absolute Gasteiger partial charge is 0.508 e. The lowest BCUT2D eigenvalue weighted by atomic mass is 9.82. The van der Waals surface area contributed by atoms with Crippen molar-refractivity contribution in [2.24, 2.45) is 17.8 Å². The molecule has 29 heavy (non-hydrogen) atoms. The van der Waals surface area contributed by atoms with E-state index >= 15 is 0 Å². The Balaban J connectivity index is 1.41. The van der Waals surface area contributed by atoms with Crippen LogP contribution in [0.1, 0.15) is 55.3 Å². The number of hydrogen-bond acceptors (Lipinski definition) is 4. The molecule has 3 N–H and O–H groups in total. The van der Waals surface area contributed by atoms with Crippen molar-refractivity contribution >= 4 is 33.3 Å². The van der Waals surface area contributed by atoms with Crippen molar-refractivity contribution in [1.82, 2.24) is 5.32 Å². The van der Waals surface area contributed by atoms with E-state index in [2.05, 4.69) is 17.5 Å². The number of aliphatic carboxylic acids is 1. The number of nitrogens with one attached hydrogen (secondary N) is 1. The molecule has 2 bridgehead atoms. The predicted octanol–water partition coefficient (Wildman–Crippen LogP) is 4.95. The van der Waals surface area contributed by atoms with Crippen molar-refractivity contribution in [2.45, 2.75) is 51.0 Å². The second-order valence-corrected chi connectivity index (χ2v) is 9.23. The highest BCUT2D eigenvalue weighted by atomic mass is 32.1. The van der Waals surface area contributed by atoms with Crippen molar-refractivity contribution in [1.29, 1.82) is 0 Å². The molecule has 0 saturated heterocycles. The van der Waals surface area contributed by atoms with Gasteiger partial charge in [0, 0.05) is 27.9 Å². The minimum Gasteiger partial charge on any atom is -0.508 e. The molecule has 2 fully saturated rings. The number of carboxylic acid groups (broad SMARTS) is 1. The second-order valence-electron chi connectivity index (χ2n) is 8.32. The number of fused-ring (bicyclic) bond motifs is 3. The second kappa shape index (κ2) is 8.57. The zero-order valence-electron chi connectivity index (χ0n) is 16.3. The summed E-state index contributed by atoms with van der Waals surface area (Å²) in [4.78, 5) is 23.6. The van der Waals surface area contributed by atoms with Crippen LogP contribution in [0.5, 0.6) is 5.75 Å². The van der Waals surface area contributed by atoms with Gasteiger partial charge in [0.2, 0.25) is 0 Å². The van der Waals surface area contributed by atoms with Gasteiger partial charge in [-0.25, -0.2) is 0 Å². The average molecular weight is 414 g/mol. The lowest BCUT2D eigenvalue weighted by Gasteiger charge is -2.31. The van der Waals surface area contributed by atoms with Gasteiger partial charge in [-0.15, -0.1) is 11.3 Å². The van der Waals surface area contributed by atoms with E-state index < -0.39 is 5.97 Å². The van der Waals surface area contributed by atoms with E-state index in [-0.39, 0.29) is 24.1 Å². The monoisotopic (exact) mass is 413 g/mol. The Kier molecular flexibility index (Phi) is 5.90. The Morgan fingerprint density at radius 3 is 2.86 bits per heavy atom. The fourth-order valence-corrected chi connectivity index (χ4v) is 6.06. The molecule has 2 saturated carbocycles. The first-order chi connectivity index (χ1) is 14.0.